The Morgan fingerprint density at radius 3 is 2.14 bits per heavy atom. The largest absolute Gasteiger partial charge is 0.493 e. The normalized spacial score (nSPS) is 11.6. The number of benzene rings is 1. The smallest absolute Gasteiger partial charge is 0.420 e. The molecule has 0 radical (unpaired) electrons. The van der Waals surface area contributed by atoms with E-state index in [9.17, 15) is 22.0 Å². The van der Waals surface area contributed by atoms with Crippen molar-refractivity contribution in [3.8, 4) is 5.75 Å². The van der Waals surface area contributed by atoms with Crippen molar-refractivity contribution in [3.05, 3.63) is 29.3 Å². The first-order valence-corrected chi connectivity index (χ1v) is 3.47. The van der Waals surface area contributed by atoms with E-state index < -0.39 is 29.1 Å². The van der Waals surface area contributed by atoms with Gasteiger partial charge in [-0.15, -0.1) is 0 Å². The van der Waals surface area contributed by atoms with E-state index in [4.69, 9.17) is 0 Å². The predicted molar refractivity (Wildman–Crippen MR) is 37.9 cm³/mol. The molecule has 78 valence electrons. The minimum absolute atomic E-state index is 0.403. The summed E-state index contributed by atoms with van der Waals surface area (Å²) in [7, 11) is 0.840. The van der Waals surface area contributed by atoms with Crippen LogP contribution in [-0.4, -0.2) is 7.11 Å². The summed E-state index contributed by atoms with van der Waals surface area (Å²) in [5.74, 6) is -4.14. The third-order valence-electron chi connectivity index (χ3n) is 1.56. The lowest BCUT2D eigenvalue weighted by Crippen LogP contribution is -2.09. The zero-order valence-electron chi connectivity index (χ0n) is 6.95. The number of rotatable bonds is 1. The quantitative estimate of drug-likeness (QED) is 0.650. The molecule has 1 aromatic rings. The highest BCUT2D eigenvalue weighted by Gasteiger charge is 2.36. The van der Waals surface area contributed by atoms with Gasteiger partial charge in [0.2, 0.25) is 5.82 Å². The molecule has 0 N–H and O–H groups in total. The first-order valence-electron chi connectivity index (χ1n) is 3.47. The number of halogens is 5. The van der Waals surface area contributed by atoms with E-state index in [0.717, 1.165) is 7.11 Å². The Morgan fingerprint density at radius 2 is 1.71 bits per heavy atom. The van der Waals surface area contributed by atoms with Crippen molar-refractivity contribution in [2.24, 2.45) is 0 Å². The summed E-state index contributed by atoms with van der Waals surface area (Å²) in [4.78, 5) is 0. The van der Waals surface area contributed by atoms with Gasteiger partial charge in [-0.05, 0) is 12.1 Å². The fraction of sp³-hybridized carbons (Fsp3) is 0.250. The Labute approximate surface area is 76.1 Å². The second kappa shape index (κ2) is 3.43. The summed E-state index contributed by atoms with van der Waals surface area (Å²) >= 11 is 0. The molecule has 0 amide bonds. The molecule has 0 atom stereocenters. The lowest BCUT2D eigenvalue weighted by molar-refractivity contribution is -0.139. The van der Waals surface area contributed by atoms with Crippen LogP contribution in [0.1, 0.15) is 5.56 Å². The van der Waals surface area contributed by atoms with Gasteiger partial charge in [0.1, 0.15) is 5.56 Å². The van der Waals surface area contributed by atoms with Gasteiger partial charge in [0.05, 0.1) is 7.11 Å². The molecule has 0 heterocycles. The molecule has 0 fully saturated rings. The molecule has 0 saturated heterocycles. The average Bonchev–Trinajstić information content (AvgIpc) is 2.07. The molecule has 0 unspecified atom stereocenters. The molecule has 0 aliphatic carbocycles. The van der Waals surface area contributed by atoms with Crippen LogP contribution in [0.2, 0.25) is 0 Å². The summed E-state index contributed by atoms with van der Waals surface area (Å²) in [5.41, 5.74) is -1.33. The number of ether oxygens (including phenoxy) is 1. The van der Waals surface area contributed by atoms with Crippen LogP contribution < -0.4 is 4.74 Å². The van der Waals surface area contributed by atoms with E-state index in [2.05, 4.69) is 4.74 Å². The molecule has 6 heteroatoms. The first kappa shape index (κ1) is 10.7. The van der Waals surface area contributed by atoms with Gasteiger partial charge in [0.25, 0.3) is 0 Å². The highest BCUT2D eigenvalue weighted by Crippen LogP contribution is 2.38. The van der Waals surface area contributed by atoms with Crippen molar-refractivity contribution in [2.75, 3.05) is 7.11 Å². The lowest BCUT2D eigenvalue weighted by atomic mass is 10.2. The minimum Gasteiger partial charge on any atom is -0.493 e. The van der Waals surface area contributed by atoms with E-state index in [1.807, 2.05) is 0 Å². The number of hydrogen-bond donors (Lipinski definition) is 0. The SMILES string of the molecule is COc1c(C(F)(F)F)ccc(F)c1F. The summed E-state index contributed by atoms with van der Waals surface area (Å²) in [6.07, 6.45) is -4.76. The molecule has 0 aliphatic rings. The van der Waals surface area contributed by atoms with Crippen molar-refractivity contribution >= 4 is 0 Å². The van der Waals surface area contributed by atoms with E-state index in [0.29, 0.717) is 12.1 Å². The van der Waals surface area contributed by atoms with E-state index in [1.54, 1.807) is 0 Å². The van der Waals surface area contributed by atoms with Crippen LogP contribution in [0.4, 0.5) is 22.0 Å². The Morgan fingerprint density at radius 1 is 1.14 bits per heavy atom. The number of methoxy groups -OCH3 is 1. The van der Waals surface area contributed by atoms with Gasteiger partial charge < -0.3 is 4.74 Å². The summed E-state index contributed by atoms with van der Waals surface area (Å²) < 4.78 is 66.0. The molecule has 14 heavy (non-hydrogen) atoms. The fourth-order valence-corrected chi connectivity index (χ4v) is 0.955. The Bertz CT molecular complexity index is 344. The van der Waals surface area contributed by atoms with Crippen molar-refractivity contribution in [1.82, 2.24) is 0 Å². The van der Waals surface area contributed by atoms with Gasteiger partial charge in [-0.1, -0.05) is 0 Å². The van der Waals surface area contributed by atoms with Crippen molar-refractivity contribution in [1.29, 1.82) is 0 Å². The van der Waals surface area contributed by atoms with Crippen LogP contribution in [-0.2, 0) is 6.18 Å². The standard InChI is InChI=1S/C8H5F5O/c1-14-7-4(8(11,12)13)2-3-5(9)6(7)10/h2-3H,1H3. The molecule has 0 aromatic heterocycles. The second-order valence-electron chi connectivity index (χ2n) is 2.44. The highest BCUT2D eigenvalue weighted by molar-refractivity contribution is 5.37. The minimum atomic E-state index is -4.76. The predicted octanol–water partition coefficient (Wildman–Crippen LogP) is 2.99. The summed E-state index contributed by atoms with van der Waals surface area (Å²) in [5, 5.41) is 0. The topological polar surface area (TPSA) is 9.23 Å². The molecular formula is C8H5F5O. The van der Waals surface area contributed by atoms with Gasteiger partial charge in [0, 0.05) is 0 Å². The van der Waals surface area contributed by atoms with Gasteiger partial charge in [0.15, 0.2) is 11.6 Å². The van der Waals surface area contributed by atoms with Crippen LogP contribution in [0.25, 0.3) is 0 Å². The number of hydrogen-bond acceptors (Lipinski definition) is 1. The highest BCUT2D eigenvalue weighted by atomic mass is 19.4. The first-order chi connectivity index (χ1) is 6.38. The van der Waals surface area contributed by atoms with Crippen LogP contribution in [0, 0.1) is 11.6 Å². The maximum absolute atomic E-state index is 12.8. The zero-order chi connectivity index (χ0) is 10.9. The Balaban J connectivity index is 3.39. The molecule has 1 aromatic carbocycles. The molecule has 0 saturated carbocycles. The molecule has 0 bridgehead atoms. The summed E-state index contributed by atoms with van der Waals surface area (Å²) in [6, 6.07) is 0.831. The van der Waals surface area contributed by atoms with Gasteiger partial charge in [-0.25, -0.2) is 4.39 Å². The maximum atomic E-state index is 12.8. The lowest BCUT2D eigenvalue weighted by Gasteiger charge is -2.12. The van der Waals surface area contributed by atoms with Gasteiger partial charge >= 0.3 is 6.18 Å². The average molecular weight is 212 g/mol. The molecule has 0 aliphatic heterocycles. The monoisotopic (exact) mass is 212 g/mol. The van der Waals surface area contributed by atoms with Gasteiger partial charge in [-0.3, -0.25) is 0 Å². The molecule has 1 rings (SSSR count). The third-order valence-corrected chi connectivity index (χ3v) is 1.56. The van der Waals surface area contributed by atoms with Crippen LogP contribution >= 0.6 is 0 Å². The summed E-state index contributed by atoms with van der Waals surface area (Å²) in [6.45, 7) is 0. The van der Waals surface area contributed by atoms with E-state index >= 15 is 0 Å². The van der Waals surface area contributed by atoms with E-state index in [-0.39, 0.29) is 0 Å². The van der Waals surface area contributed by atoms with Crippen molar-refractivity contribution < 1.29 is 26.7 Å². The number of alkyl halides is 3. The third kappa shape index (κ3) is 1.78. The van der Waals surface area contributed by atoms with Crippen molar-refractivity contribution in [3.63, 3.8) is 0 Å². The molecule has 1 nitrogen and oxygen atoms in total. The van der Waals surface area contributed by atoms with Crippen LogP contribution in [0.3, 0.4) is 0 Å². The second-order valence-corrected chi connectivity index (χ2v) is 2.44. The fourth-order valence-electron chi connectivity index (χ4n) is 0.955. The molecule has 0 spiro atoms. The Kier molecular flexibility index (Phi) is 2.64. The van der Waals surface area contributed by atoms with E-state index in [1.165, 1.54) is 0 Å². The molecular weight excluding hydrogens is 207 g/mol. The van der Waals surface area contributed by atoms with Crippen LogP contribution in [0.15, 0.2) is 12.1 Å². The Hall–Kier alpha value is -1.33. The van der Waals surface area contributed by atoms with Crippen LogP contribution in [0.5, 0.6) is 5.75 Å². The van der Waals surface area contributed by atoms with Gasteiger partial charge in [-0.2, -0.15) is 17.6 Å². The zero-order valence-corrected chi connectivity index (χ0v) is 6.95. The van der Waals surface area contributed by atoms with Crippen molar-refractivity contribution in [2.45, 2.75) is 6.18 Å². The maximum Gasteiger partial charge on any atom is 0.420 e.